The van der Waals surface area contributed by atoms with Crippen LogP contribution in [0.25, 0.3) is 0 Å². The molecule has 1 aliphatic heterocycles. The fraction of sp³-hybridized carbons (Fsp3) is 0.421. The Hall–Kier alpha value is -2.57. The summed E-state index contributed by atoms with van der Waals surface area (Å²) in [6.45, 7) is 4.05. The van der Waals surface area contributed by atoms with E-state index in [9.17, 15) is 13.6 Å². The second-order valence-electron chi connectivity index (χ2n) is 6.52. The Labute approximate surface area is 151 Å². The number of anilines is 2. The van der Waals surface area contributed by atoms with Gasteiger partial charge in [-0.3, -0.25) is 4.79 Å². The molecule has 1 aromatic heterocycles. The number of hydrogen-bond donors (Lipinski definition) is 0. The van der Waals surface area contributed by atoms with E-state index in [4.69, 9.17) is 0 Å². The summed E-state index contributed by atoms with van der Waals surface area (Å²) in [5.41, 5.74) is -0.175. The minimum Gasteiger partial charge on any atom is -0.360 e. The van der Waals surface area contributed by atoms with Gasteiger partial charge in [0.1, 0.15) is 29.6 Å². The Morgan fingerprint density at radius 1 is 1.31 bits per heavy atom. The molecule has 5 nitrogen and oxygen atoms in total. The van der Waals surface area contributed by atoms with Crippen LogP contribution in [0.1, 0.15) is 30.1 Å². The lowest BCUT2D eigenvalue weighted by Crippen LogP contribution is -2.39. The monoisotopic (exact) mass is 360 g/mol. The number of halogens is 2. The van der Waals surface area contributed by atoms with Crippen LogP contribution in [0, 0.1) is 17.6 Å². The van der Waals surface area contributed by atoms with Crippen LogP contribution >= 0.6 is 0 Å². The summed E-state index contributed by atoms with van der Waals surface area (Å²) in [6, 6.07) is 4.89. The largest absolute Gasteiger partial charge is 0.360 e. The summed E-state index contributed by atoms with van der Waals surface area (Å²) in [5, 5.41) is 0. The Kier molecular flexibility index (Phi) is 5.44. The number of rotatable bonds is 5. The van der Waals surface area contributed by atoms with Crippen LogP contribution in [0.15, 0.2) is 30.6 Å². The van der Waals surface area contributed by atoms with E-state index in [1.165, 1.54) is 6.33 Å². The van der Waals surface area contributed by atoms with Gasteiger partial charge in [0, 0.05) is 38.7 Å². The molecule has 26 heavy (non-hydrogen) atoms. The molecule has 138 valence electrons. The van der Waals surface area contributed by atoms with Gasteiger partial charge in [0.2, 0.25) is 0 Å². The summed E-state index contributed by atoms with van der Waals surface area (Å²) in [4.78, 5) is 25.3. The highest BCUT2D eigenvalue weighted by molar-refractivity contribution is 5.98. The molecule has 7 heteroatoms. The van der Waals surface area contributed by atoms with E-state index in [-0.39, 0.29) is 17.3 Å². The number of hydrogen-bond acceptors (Lipinski definition) is 5. The molecule has 1 atom stereocenters. The Bertz CT molecular complexity index is 799. The third-order valence-electron chi connectivity index (χ3n) is 4.81. The molecule has 0 saturated carbocycles. The first-order chi connectivity index (χ1) is 12.5. The van der Waals surface area contributed by atoms with Gasteiger partial charge in [0.15, 0.2) is 5.78 Å². The highest BCUT2D eigenvalue weighted by atomic mass is 19.1. The molecule has 0 radical (unpaired) electrons. The van der Waals surface area contributed by atoms with Crippen molar-refractivity contribution < 1.29 is 13.6 Å². The SMILES string of the molecule is CCN(C)c1cc(N2CCCC(C(=O)c3cc(F)ccc3F)C2)ncn1. The maximum absolute atomic E-state index is 13.9. The highest BCUT2D eigenvalue weighted by Gasteiger charge is 2.29. The van der Waals surface area contributed by atoms with Crippen LogP contribution in [-0.2, 0) is 0 Å². The molecule has 1 fully saturated rings. The van der Waals surface area contributed by atoms with Gasteiger partial charge in [-0.1, -0.05) is 0 Å². The number of Topliss-reactive ketones (excluding diaryl/α,β-unsaturated/α-hetero) is 1. The number of benzene rings is 1. The van der Waals surface area contributed by atoms with Crippen LogP contribution in [0.5, 0.6) is 0 Å². The zero-order chi connectivity index (χ0) is 18.7. The molecule has 0 bridgehead atoms. The molecular weight excluding hydrogens is 338 g/mol. The summed E-state index contributed by atoms with van der Waals surface area (Å²) in [5.74, 6) is -0.475. The number of carbonyl (C=O) groups excluding carboxylic acids is 1. The van der Waals surface area contributed by atoms with E-state index in [2.05, 4.69) is 9.97 Å². The molecule has 1 saturated heterocycles. The molecule has 0 N–H and O–H groups in total. The smallest absolute Gasteiger partial charge is 0.170 e. The fourth-order valence-electron chi connectivity index (χ4n) is 3.19. The summed E-state index contributed by atoms with van der Waals surface area (Å²) < 4.78 is 27.4. The van der Waals surface area contributed by atoms with Crippen LogP contribution in [-0.4, -0.2) is 42.4 Å². The standard InChI is InChI=1S/C19H22F2N4O/c1-3-24(2)17-10-18(23-12-22-17)25-8-4-5-13(11-25)19(26)15-9-14(20)6-7-16(15)21/h6-7,9-10,12-13H,3-5,8,11H2,1-2H3. The molecule has 3 rings (SSSR count). The zero-order valence-electron chi connectivity index (χ0n) is 15.0. The summed E-state index contributed by atoms with van der Waals surface area (Å²) in [6.07, 6.45) is 2.95. The quantitative estimate of drug-likeness (QED) is 0.766. The first-order valence-corrected chi connectivity index (χ1v) is 8.77. The van der Waals surface area contributed by atoms with Gasteiger partial charge in [-0.2, -0.15) is 0 Å². The van der Waals surface area contributed by atoms with E-state index < -0.39 is 11.6 Å². The highest BCUT2D eigenvalue weighted by Crippen LogP contribution is 2.26. The Balaban J connectivity index is 1.79. The molecule has 0 aliphatic carbocycles. The first kappa shape index (κ1) is 18.2. The number of aromatic nitrogens is 2. The van der Waals surface area contributed by atoms with Crippen molar-refractivity contribution in [3.8, 4) is 0 Å². The van der Waals surface area contributed by atoms with Gasteiger partial charge in [-0.15, -0.1) is 0 Å². The molecule has 2 heterocycles. The molecule has 0 spiro atoms. The predicted molar refractivity (Wildman–Crippen MR) is 96.6 cm³/mol. The van der Waals surface area contributed by atoms with Crippen molar-refractivity contribution >= 4 is 17.4 Å². The van der Waals surface area contributed by atoms with E-state index in [1.54, 1.807) is 0 Å². The minimum absolute atomic E-state index is 0.175. The second-order valence-corrected chi connectivity index (χ2v) is 6.52. The van der Waals surface area contributed by atoms with Crippen LogP contribution < -0.4 is 9.80 Å². The molecule has 2 aromatic rings. The molecule has 0 amide bonds. The maximum atomic E-state index is 13.9. The third kappa shape index (κ3) is 3.81. The second kappa shape index (κ2) is 7.76. The van der Waals surface area contributed by atoms with Crippen molar-refractivity contribution in [2.45, 2.75) is 19.8 Å². The van der Waals surface area contributed by atoms with Crippen molar-refractivity contribution in [3.63, 3.8) is 0 Å². The average molecular weight is 360 g/mol. The van der Waals surface area contributed by atoms with Crippen LogP contribution in [0.2, 0.25) is 0 Å². The Morgan fingerprint density at radius 3 is 2.88 bits per heavy atom. The summed E-state index contributed by atoms with van der Waals surface area (Å²) in [7, 11) is 1.95. The minimum atomic E-state index is -0.678. The predicted octanol–water partition coefficient (Wildman–Crippen LogP) is 3.31. The maximum Gasteiger partial charge on any atom is 0.170 e. The van der Waals surface area contributed by atoms with E-state index >= 15 is 0 Å². The van der Waals surface area contributed by atoms with Crippen molar-refractivity contribution in [2.24, 2.45) is 5.92 Å². The number of piperidine rings is 1. The van der Waals surface area contributed by atoms with E-state index in [0.29, 0.717) is 13.0 Å². The number of ketones is 1. The lowest BCUT2D eigenvalue weighted by atomic mass is 9.89. The number of carbonyl (C=O) groups is 1. The van der Waals surface area contributed by atoms with Crippen molar-refractivity contribution in [1.82, 2.24) is 9.97 Å². The van der Waals surface area contributed by atoms with Gasteiger partial charge < -0.3 is 9.80 Å². The van der Waals surface area contributed by atoms with Gasteiger partial charge in [-0.05, 0) is 38.0 Å². The summed E-state index contributed by atoms with van der Waals surface area (Å²) >= 11 is 0. The van der Waals surface area contributed by atoms with Gasteiger partial charge in [0.25, 0.3) is 0 Å². The van der Waals surface area contributed by atoms with E-state index in [1.807, 2.05) is 29.8 Å². The van der Waals surface area contributed by atoms with Crippen LogP contribution in [0.3, 0.4) is 0 Å². The topological polar surface area (TPSA) is 49.3 Å². The number of nitrogens with zero attached hydrogens (tertiary/aromatic N) is 4. The molecular formula is C19H22F2N4O. The third-order valence-corrected chi connectivity index (χ3v) is 4.81. The normalized spacial score (nSPS) is 17.2. The molecule has 1 aromatic carbocycles. The van der Waals surface area contributed by atoms with Gasteiger partial charge in [0.05, 0.1) is 5.56 Å². The fourth-order valence-corrected chi connectivity index (χ4v) is 3.19. The molecule has 1 unspecified atom stereocenters. The van der Waals surface area contributed by atoms with Crippen molar-refractivity contribution in [2.75, 3.05) is 36.5 Å². The first-order valence-electron chi connectivity index (χ1n) is 8.77. The average Bonchev–Trinajstić information content (AvgIpc) is 2.69. The Morgan fingerprint density at radius 2 is 2.12 bits per heavy atom. The van der Waals surface area contributed by atoms with Gasteiger partial charge in [-0.25, -0.2) is 18.7 Å². The lowest BCUT2D eigenvalue weighted by molar-refractivity contribution is 0.0902. The van der Waals surface area contributed by atoms with Gasteiger partial charge >= 0.3 is 0 Å². The van der Waals surface area contributed by atoms with Crippen molar-refractivity contribution in [3.05, 3.63) is 47.8 Å². The lowest BCUT2D eigenvalue weighted by Gasteiger charge is -2.33. The molecule has 1 aliphatic rings. The van der Waals surface area contributed by atoms with E-state index in [0.717, 1.165) is 49.3 Å². The van der Waals surface area contributed by atoms with Crippen molar-refractivity contribution in [1.29, 1.82) is 0 Å². The zero-order valence-corrected chi connectivity index (χ0v) is 15.0. The van der Waals surface area contributed by atoms with Crippen LogP contribution in [0.4, 0.5) is 20.4 Å².